The van der Waals surface area contributed by atoms with E-state index in [0.29, 0.717) is 6.42 Å². The molecule has 0 spiro atoms. The van der Waals surface area contributed by atoms with E-state index in [1.54, 1.807) is 0 Å². The third-order valence-electron chi connectivity index (χ3n) is 3.77. The summed E-state index contributed by atoms with van der Waals surface area (Å²) in [7, 11) is 0. The summed E-state index contributed by atoms with van der Waals surface area (Å²) in [6.07, 6.45) is 18.3. The molecule has 0 rings (SSSR count). The van der Waals surface area contributed by atoms with Crippen LogP contribution in [0.2, 0.25) is 0 Å². The number of unbranched alkanes of at least 4 members (excludes halogenated alkanes) is 10. The molecule has 135 valence electrons. The molecule has 3 nitrogen and oxygen atoms in total. The fourth-order valence-electron chi connectivity index (χ4n) is 2.36. The third kappa shape index (κ3) is 17.7. The van der Waals surface area contributed by atoms with Gasteiger partial charge in [-0.05, 0) is 32.1 Å². The van der Waals surface area contributed by atoms with Gasteiger partial charge in [0.15, 0.2) is 6.10 Å². The second kappa shape index (κ2) is 18.7. The minimum atomic E-state index is -1.18. The molecule has 0 aromatic rings. The van der Waals surface area contributed by atoms with Gasteiger partial charge in [0.05, 0.1) is 0 Å². The molecule has 0 saturated heterocycles. The molecule has 2 N–H and O–H groups in total. The van der Waals surface area contributed by atoms with E-state index in [9.17, 15) is 4.79 Å². The van der Waals surface area contributed by atoms with Crippen molar-refractivity contribution in [3.8, 4) is 0 Å². The molecular weight excluding hydrogens is 328 g/mol. The summed E-state index contributed by atoms with van der Waals surface area (Å²) in [6, 6.07) is 0. The van der Waals surface area contributed by atoms with E-state index in [1.165, 1.54) is 44.9 Å². The fourth-order valence-corrected chi connectivity index (χ4v) is 2.36. The summed E-state index contributed by atoms with van der Waals surface area (Å²) in [5.74, 6) is -1.10. The Morgan fingerprint density at radius 3 is 1.82 bits per heavy atom. The number of hydrogen-bond donors (Lipinski definition) is 2. The molecule has 4 heteroatoms. The van der Waals surface area contributed by atoms with E-state index in [-0.39, 0.29) is 17.1 Å². The van der Waals surface area contributed by atoms with Crippen molar-refractivity contribution in [2.75, 3.05) is 0 Å². The van der Waals surface area contributed by atoms with Gasteiger partial charge in [-0.1, -0.05) is 70.4 Å². The quantitative estimate of drug-likeness (QED) is 0.243. The van der Waals surface area contributed by atoms with Crippen LogP contribution in [0.4, 0.5) is 0 Å². The van der Waals surface area contributed by atoms with Gasteiger partial charge in [0.1, 0.15) is 0 Å². The summed E-state index contributed by atoms with van der Waals surface area (Å²) >= 11 is 0. The zero-order valence-electron chi connectivity index (χ0n) is 14.0. The van der Waals surface area contributed by atoms with Crippen molar-refractivity contribution in [2.45, 2.75) is 96.5 Å². The number of carboxylic acid groups (broad SMARTS) is 1. The second-order valence-electron chi connectivity index (χ2n) is 5.87. The molecule has 22 heavy (non-hydrogen) atoms. The maximum atomic E-state index is 10.4. The topological polar surface area (TPSA) is 57.5 Å². The standard InChI is InChI=1S/C18H34O3.Cu/c1-2-3-4-5-6-7-8-9-10-11-12-13-14-15-16-17(19)18(20)21;/h9-10,17,19H,2-8,11-16H2,1H3,(H,20,21);/b10-9-;. The molecule has 1 atom stereocenters. The number of aliphatic carboxylic acids is 1. The number of allylic oxidation sites excluding steroid dienone is 2. The Labute approximate surface area is 147 Å². The minimum absolute atomic E-state index is 0. The number of aliphatic hydroxyl groups is 1. The SMILES string of the molecule is CCCCCCCC/C=C\CCCCCCC(O)C(=O)O.[Cu]. The van der Waals surface area contributed by atoms with Crippen LogP contribution in [0, 0.1) is 0 Å². The van der Waals surface area contributed by atoms with Gasteiger partial charge in [-0.2, -0.15) is 0 Å². The van der Waals surface area contributed by atoms with Gasteiger partial charge in [0, 0.05) is 17.1 Å². The molecule has 1 radical (unpaired) electrons. The summed E-state index contributed by atoms with van der Waals surface area (Å²) in [5.41, 5.74) is 0. The van der Waals surface area contributed by atoms with Gasteiger partial charge in [0.25, 0.3) is 0 Å². The number of carbonyl (C=O) groups is 1. The Morgan fingerprint density at radius 2 is 1.32 bits per heavy atom. The van der Waals surface area contributed by atoms with E-state index in [2.05, 4.69) is 19.1 Å². The van der Waals surface area contributed by atoms with Gasteiger partial charge in [-0.25, -0.2) is 4.79 Å². The third-order valence-corrected chi connectivity index (χ3v) is 3.77. The first-order valence-corrected chi connectivity index (χ1v) is 8.74. The first kappa shape index (κ1) is 23.9. The summed E-state index contributed by atoms with van der Waals surface area (Å²) in [5, 5.41) is 17.6. The molecule has 0 saturated carbocycles. The van der Waals surface area contributed by atoms with Crippen LogP contribution in [-0.4, -0.2) is 22.3 Å². The summed E-state index contributed by atoms with van der Waals surface area (Å²) in [6.45, 7) is 2.25. The maximum Gasteiger partial charge on any atom is 0.332 e. The van der Waals surface area contributed by atoms with Crippen LogP contribution in [0.3, 0.4) is 0 Å². The van der Waals surface area contributed by atoms with Crippen molar-refractivity contribution in [1.82, 2.24) is 0 Å². The molecule has 0 aliphatic rings. The average Bonchev–Trinajstić information content (AvgIpc) is 2.47. The molecule has 0 aliphatic carbocycles. The van der Waals surface area contributed by atoms with E-state index in [0.717, 1.165) is 32.1 Å². The number of aliphatic hydroxyl groups excluding tert-OH is 1. The Bertz CT molecular complexity index is 267. The summed E-state index contributed by atoms with van der Waals surface area (Å²) < 4.78 is 0. The van der Waals surface area contributed by atoms with Crippen LogP contribution in [-0.2, 0) is 21.9 Å². The molecule has 0 amide bonds. The normalized spacial score (nSPS) is 12.3. The second-order valence-corrected chi connectivity index (χ2v) is 5.87. The van der Waals surface area contributed by atoms with Gasteiger partial charge in [0.2, 0.25) is 0 Å². The molecule has 1 unspecified atom stereocenters. The van der Waals surface area contributed by atoms with E-state index >= 15 is 0 Å². The monoisotopic (exact) mass is 361 g/mol. The Balaban J connectivity index is 0. The van der Waals surface area contributed by atoms with Crippen LogP contribution in [0.5, 0.6) is 0 Å². The molecule has 0 aromatic heterocycles. The van der Waals surface area contributed by atoms with Crippen molar-refractivity contribution in [3.63, 3.8) is 0 Å². The zero-order chi connectivity index (χ0) is 15.8. The zero-order valence-corrected chi connectivity index (χ0v) is 15.0. The Kier molecular flexibility index (Phi) is 20.4. The number of carboxylic acids is 1. The first-order valence-electron chi connectivity index (χ1n) is 8.74. The van der Waals surface area contributed by atoms with E-state index in [1.807, 2.05) is 0 Å². The van der Waals surface area contributed by atoms with Crippen molar-refractivity contribution in [3.05, 3.63) is 12.2 Å². The maximum absolute atomic E-state index is 10.4. The van der Waals surface area contributed by atoms with Crippen molar-refractivity contribution in [1.29, 1.82) is 0 Å². The summed E-state index contributed by atoms with van der Waals surface area (Å²) in [4.78, 5) is 10.4. The minimum Gasteiger partial charge on any atom is -0.479 e. The predicted molar refractivity (Wildman–Crippen MR) is 88.5 cm³/mol. The van der Waals surface area contributed by atoms with Crippen LogP contribution in [0.25, 0.3) is 0 Å². The largest absolute Gasteiger partial charge is 0.479 e. The molecule has 0 aromatic carbocycles. The first-order chi connectivity index (χ1) is 10.2. The molecule has 0 aliphatic heterocycles. The van der Waals surface area contributed by atoms with Gasteiger partial charge in [-0.3, -0.25) is 0 Å². The van der Waals surface area contributed by atoms with Crippen molar-refractivity contribution < 1.29 is 32.1 Å². The smallest absolute Gasteiger partial charge is 0.332 e. The molecule has 0 heterocycles. The Morgan fingerprint density at radius 1 is 0.864 bits per heavy atom. The van der Waals surface area contributed by atoms with Gasteiger partial charge in [-0.15, -0.1) is 0 Å². The number of rotatable bonds is 15. The van der Waals surface area contributed by atoms with E-state index in [4.69, 9.17) is 10.2 Å². The molecular formula is C18H34CuO3. The van der Waals surface area contributed by atoms with E-state index < -0.39 is 12.1 Å². The van der Waals surface area contributed by atoms with Crippen LogP contribution >= 0.6 is 0 Å². The molecule has 0 fully saturated rings. The van der Waals surface area contributed by atoms with Crippen molar-refractivity contribution in [2.24, 2.45) is 0 Å². The van der Waals surface area contributed by atoms with Gasteiger partial charge >= 0.3 is 5.97 Å². The van der Waals surface area contributed by atoms with Gasteiger partial charge < -0.3 is 10.2 Å². The predicted octanol–water partition coefficient (Wildman–Crippen LogP) is 5.08. The van der Waals surface area contributed by atoms with Crippen LogP contribution in [0.1, 0.15) is 90.4 Å². The number of hydrogen-bond acceptors (Lipinski definition) is 2. The van der Waals surface area contributed by atoms with Crippen LogP contribution < -0.4 is 0 Å². The fraction of sp³-hybridized carbons (Fsp3) is 0.833. The Hall–Kier alpha value is -0.311. The van der Waals surface area contributed by atoms with Crippen molar-refractivity contribution >= 4 is 5.97 Å². The molecule has 0 bridgehead atoms. The van der Waals surface area contributed by atoms with Crippen LogP contribution in [0.15, 0.2) is 12.2 Å². The average molecular weight is 362 g/mol.